The van der Waals surface area contributed by atoms with Crippen molar-refractivity contribution in [3.63, 3.8) is 0 Å². The molecule has 1 saturated heterocycles. The van der Waals surface area contributed by atoms with Gasteiger partial charge in [0.1, 0.15) is 0 Å². The lowest BCUT2D eigenvalue weighted by Gasteiger charge is -2.26. The molecule has 0 bridgehead atoms. The number of likely N-dealkylation sites (N-methyl/N-ethyl adjacent to an activating group) is 1. The highest BCUT2D eigenvalue weighted by Gasteiger charge is 2.26. The van der Waals surface area contributed by atoms with Crippen LogP contribution >= 0.6 is 0 Å². The summed E-state index contributed by atoms with van der Waals surface area (Å²) >= 11 is 0. The monoisotopic (exact) mass is 403 g/mol. The number of hydrogen-bond acceptors (Lipinski definition) is 5. The number of ether oxygens (including phenoxy) is 1. The smallest absolute Gasteiger partial charge is 0.251 e. The van der Waals surface area contributed by atoms with Crippen LogP contribution in [0.2, 0.25) is 0 Å². The van der Waals surface area contributed by atoms with Crippen molar-refractivity contribution >= 4 is 21.6 Å². The Labute approximate surface area is 166 Å². The molecular weight excluding hydrogens is 378 g/mol. The van der Waals surface area contributed by atoms with Gasteiger partial charge in [0.05, 0.1) is 18.1 Å². The van der Waals surface area contributed by atoms with Crippen molar-refractivity contribution in [2.45, 2.75) is 4.90 Å². The molecule has 28 heavy (non-hydrogen) atoms. The standard InChI is InChI=1S/C20H25N3O4S/c1-22(18-7-3-2-4-8-18)11-10-21-20(24)17-6-5-9-19(16-17)28(25,26)23-12-14-27-15-13-23/h2-9,16H,10-15H2,1H3,(H,21,24). The zero-order valence-electron chi connectivity index (χ0n) is 15.9. The Bertz CT molecular complexity index is 897. The lowest BCUT2D eigenvalue weighted by atomic mass is 10.2. The van der Waals surface area contributed by atoms with Crippen molar-refractivity contribution in [3.05, 3.63) is 60.2 Å². The first kappa shape index (κ1) is 20.3. The maximum absolute atomic E-state index is 12.8. The van der Waals surface area contributed by atoms with E-state index in [0.717, 1.165) is 5.69 Å². The van der Waals surface area contributed by atoms with Crippen LogP contribution in [-0.2, 0) is 14.8 Å². The zero-order valence-corrected chi connectivity index (χ0v) is 16.7. The third-order valence-corrected chi connectivity index (χ3v) is 6.53. The Kier molecular flexibility index (Phi) is 6.66. The highest BCUT2D eigenvalue weighted by atomic mass is 32.2. The average Bonchev–Trinajstić information content (AvgIpc) is 2.75. The predicted octanol–water partition coefficient (Wildman–Crippen LogP) is 1.57. The van der Waals surface area contributed by atoms with Gasteiger partial charge < -0.3 is 15.0 Å². The van der Waals surface area contributed by atoms with Crippen molar-refractivity contribution in [1.82, 2.24) is 9.62 Å². The summed E-state index contributed by atoms with van der Waals surface area (Å²) in [5.74, 6) is -0.291. The van der Waals surface area contributed by atoms with Crippen LogP contribution in [0.15, 0.2) is 59.5 Å². The van der Waals surface area contributed by atoms with Crippen LogP contribution in [0.5, 0.6) is 0 Å². The maximum Gasteiger partial charge on any atom is 0.251 e. The number of morpholine rings is 1. The first-order valence-electron chi connectivity index (χ1n) is 9.21. The predicted molar refractivity (Wildman–Crippen MR) is 108 cm³/mol. The Hall–Kier alpha value is -2.42. The van der Waals surface area contributed by atoms with Gasteiger partial charge in [0.2, 0.25) is 10.0 Å². The molecule has 7 nitrogen and oxygen atoms in total. The van der Waals surface area contributed by atoms with E-state index in [2.05, 4.69) is 5.32 Å². The minimum Gasteiger partial charge on any atom is -0.379 e. The van der Waals surface area contributed by atoms with Crippen LogP contribution < -0.4 is 10.2 Å². The summed E-state index contributed by atoms with van der Waals surface area (Å²) in [5.41, 5.74) is 1.40. The largest absolute Gasteiger partial charge is 0.379 e. The van der Waals surface area contributed by atoms with E-state index in [1.54, 1.807) is 12.1 Å². The van der Waals surface area contributed by atoms with E-state index in [1.807, 2.05) is 42.3 Å². The second-order valence-electron chi connectivity index (χ2n) is 6.56. The van der Waals surface area contributed by atoms with E-state index in [0.29, 0.717) is 45.0 Å². The highest BCUT2D eigenvalue weighted by molar-refractivity contribution is 7.89. The van der Waals surface area contributed by atoms with E-state index in [4.69, 9.17) is 4.74 Å². The van der Waals surface area contributed by atoms with Gasteiger partial charge in [-0.15, -0.1) is 0 Å². The number of carbonyl (C=O) groups is 1. The summed E-state index contributed by atoms with van der Waals surface area (Å²) in [4.78, 5) is 14.6. The fraction of sp³-hybridized carbons (Fsp3) is 0.350. The molecule has 0 atom stereocenters. The Morgan fingerprint density at radius 3 is 2.54 bits per heavy atom. The molecule has 1 amide bonds. The van der Waals surface area contributed by atoms with Crippen LogP contribution in [0.25, 0.3) is 0 Å². The van der Waals surface area contributed by atoms with Crippen molar-refractivity contribution in [3.8, 4) is 0 Å². The average molecular weight is 404 g/mol. The Balaban J connectivity index is 1.61. The topological polar surface area (TPSA) is 79.0 Å². The van der Waals surface area contributed by atoms with Crippen molar-refractivity contribution < 1.29 is 17.9 Å². The molecule has 0 aromatic heterocycles. The number of para-hydroxylation sites is 1. The van der Waals surface area contributed by atoms with E-state index >= 15 is 0 Å². The molecule has 0 spiro atoms. The molecule has 150 valence electrons. The fourth-order valence-electron chi connectivity index (χ4n) is 2.98. The van der Waals surface area contributed by atoms with E-state index < -0.39 is 10.0 Å². The van der Waals surface area contributed by atoms with Gasteiger partial charge in [-0.3, -0.25) is 4.79 Å². The first-order valence-corrected chi connectivity index (χ1v) is 10.6. The number of amides is 1. The number of carbonyl (C=O) groups excluding carboxylic acids is 1. The molecule has 0 radical (unpaired) electrons. The molecule has 1 fully saturated rings. The molecule has 2 aromatic carbocycles. The lowest BCUT2D eigenvalue weighted by Crippen LogP contribution is -2.40. The summed E-state index contributed by atoms with van der Waals surface area (Å²) in [6.07, 6.45) is 0. The number of sulfonamides is 1. The SMILES string of the molecule is CN(CCNC(=O)c1cccc(S(=O)(=O)N2CCOCC2)c1)c1ccccc1. The molecule has 0 saturated carbocycles. The molecule has 8 heteroatoms. The molecule has 1 aliphatic heterocycles. The van der Waals surface area contributed by atoms with Gasteiger partial charge in [-0.1, -0.05) is 24.3 Å². The minimum atomic E-state index is -3.62. The summed E-state index contributed by atoms with van der Waals surface area (Å²) < 4.78 is 32.1. The molecule has 2 aromatic rings. The number of rotatable bonds is 7. The van der Waals surface area contributed by atoms with Gasteiger partial charge >= 0.3 is 0 Å². The number of nitrogens with one attached hydrogen (secondary N) is 1. The normalized spacial score (nSPS) is 15.2. The van der Waals surface area contributed by atoms with Gasteiger partial charge in [0.15, 0.2) is 0 Å². The Morgan fingerprint density at radius 2 is 1.82 bits per heavy atom. The van der Waals surface area contributed by atoms with Crippen LogP contribution in [0.1, 0.15) is 10.4 Å². The number of benzene rings is 2. The van der Waals surface area contributed by atoms with Gasteiger partial charge in [-0.05, 0) is 30.3 Å². The third kappa shape index (κ3) is 4.89. The second-order valence-corrected chi connectivity index (χ2v) is 8.50. The lowest BCUT2D eigenvalue weighted by molar-refractivity contribution is 0.0730. The summed E-state index contributed by atoms with van der Waals surface area (Å²) in [5, 5.41) is 2.85. The third-order valence-electron chi connectivity index (χ3n) is 4.63. The molecule has 1 heterocycles. The number of hydrogen-bond donors (Lipinski definition) is 1. The number of nitrogens with zero attached hydrogens (tertiary/aromatic N) is 2. The van der Waals surface area contributed by atoms with Crippen molar-refractivity contribution in [1.29, 1.82) is 0 Å². The quantitative estimate of drug-likeness (QED) is 0.759. The van der Waals surface area contributed by atoms with Gasteiger partial charge in [-0.2, -0.15) is 4.31 Å². The highest BCUT2D eigenvalue weighted by Crippen LogP contribution is 2.18. The Morgan fingerprint density at radius 1 is 1.11 bits per heavy atom. The van der Waals surface area contributed by atoms with Gasteiger partial charge in [-0.25, -0.2) is 8.42 Å². The molecule has 1 aliphatic rings. The van der Waals surface area contributed by atoms with Crippen molar-refractivity contribution in [2.75, 3.05) is 51.3 Å². The molecule has 0 aliphatic carbocycles. The molecule has 0 unspecified atom stereocenters. The zero-order chi connectivity index (χ0) is 20.0. The van der Waals surface area contributed by atoms with E-state index in [1.165, 1.54) is 16.4 Å². The molecule has 1 N–H and O–H groups in total. The molecular formula is C20H25N3O4S. The maximum atomic E-state index is 12.8. The fourth-order valence-corrected chi connectivity index (χ4v) is 4.44. The number of anilines is 1. The second kappa shape index (κ2) is 9.18. The van der Waals surface area contributed by atoms with Crippen molar-refractivity contribution in [2.24, 2.45) is 0 Å². The van der Waals surface area contributed by atoms with E-state index in [-0.39, 0.29) is 10.8 Å². The van der Waals surface area contributed by atoms with Crippen LogP contribution in [0.3, 0.4) is 0 Å². The van der Waals surface area contributed by atoms with Gasteiger partial charge in [0.25, 0.3) is 5.91 Å². The first-order chi connectivity index (χ1) is 13.5. The summed E-state index contributed by atoms with van der Waals surface area (Å²) in [6, 6.07) is 16.1. The van der Waals surface area contributed by atoms with E-state index in [9.17, 15) is 13.2 Å². The molecule has 3 rings (SSSR count). The van der Waals surface area contributed by atoms with Crippen LogP contribution in [-0.4, -0.2) is 65.1 Å². The summed E-state index contributed by atoms with van der Waals surface area (Å²) in [6.45, 7) is 2.50. The minimum absolute atomic E-state index is 0.128. The summed E-state index contributed by atoms with van der Waals surface area (Å²) in [7, 11) is -1.67. The van der Waals surface area contributed by atoms with Crippen LogP contribution in [0, 0.1) is 0 Å². The van der Waals surface area contributed by atoms with Crippen LogP contribution in [0.4, 0.5) is 5.69 Å². The van der Waals surface area contributed by atoms with Gasteiger partial charge in [0, 0.05) is 44.5 Å².